The van der Waals surface area contributed by atoms with Crippen LogP contribution in [0, 0.1) is 5.92 Å². The number of ether oxygens (including phenoxy) is 1. The molecule has 1 aliphatic rings. The van der Waals surface area contributed by atoms with E-state index < -0.39 is 0 Å². The maximum absolute atomic E-state index is 12.2. The monoisotopic (exact) mass is 391 g/mol. The molecule has 0 aliphatic carbocycles. The smallest absolute Gasteiger partial charge is 0.273 e. The Morgan fingerprint density at radius 1 is 1.14 bits per heavy atom. The van der Waals surface area contributed by atoms with Crippen molar-refractivity contribution in [1.29, 1.82) is 0 Å². The molecular weight excluding hydrogens is 366 g/mol. The molecule has 3 aromatic rings. The van der Waals surface area contributed by atoms with Crippen LogP contribution in [0.3, 0.4) is 0 Å². The first-order valence-electron chi connectivity index (χ1n) is 9.82. The standard InChI is InChI=1S/C22H25N5O2/c1-16-12-27(14-21(16)24-22(28)20-11-23-26-25-20)13-17-7-9-19(10-8-17)29-15-18-5-3-2-4-6-18/h2-11,16,21H,12-15H2,1H3,(H,24,28)(H,23,25,26)/t16-,21-/m0/s1. The predicted octanol–water partition coefficient (Wildman–Crippen LogP) is 2.63. The zero-order chi connectivity index (χ0) is 20.1. The van der Waals surface area contributed by atoms with E-state index in [0.29, 0.717) is 18.2 Å². The fourth-order valence-corrected chi connectivity index (χ4v) is 3.63. The average Bonchev–Trinajstić information content (AvgIpc) is 3.39. The van der Waals surface area contributed by atoms with Crippen LogP contribution in [0.5, 0.6) is 5.75 Å². The van der Waals surface area contributed by atoms with Crippen molar-refractivity contribution in [2.75, 3.05) is 13.1 Å². The topological polar surface area (TPSA) is 83.1 Å². The van der Waals surface area contributed by atoms with E-state index in [2.05, 4.69) is 56.8 Å². The molecule has 29 heavy (non-hydrogen) atoms. The summed E-state index contributed by atoms with van der Waals surface area (Å²) in [5, 5.41) is 13.1. The minimum Gasteiger partial charge on any atom is -0.489 e. The molecule has 4 rings (SSSR count). The van der Waals surface area contributed by atoms with Gasteiger partial charge in [-0.05, 0) is 29.2 Å². The number of carbonyl (C=O) groups is 1. The summed E-state index contributed by atoms with van der Waals surface area (Å²) in [5.41, 5.74) is 2.70. The predicted molar refractivity (Wildman–Crippen MR) is 109 cm³/mol. The van der Waals surface area contributed by atoms with Crippen LogP contribution < -0.4 is 10.1 Å². The van der Waals surface area contributed by atoms with Gasteiger partial charge in [-0.15, -0.1) is 0 Å². The number of rotatable bonds is 7. The van der Waals surface area contributed by atoms with Crippen molar-refractivity contribution in [2.45, 2.75) is 26.1 Å². The van der Waals surface area contributed by atoms with E-state index in [-0.39, 0.29) is 11.9 Å². The lowest BCUT2D eigenvalue weighted by Gasteiger charge is -2.17. The molecule has 7 nitrogen and oxygen atoms in total. The van der Waals surface area contributed by atoms with Crippen LogP contribution in [-0.4, -0.2) is 45.3 Å². The Labute approximate surface area is 170 Å². The second-order valence-corrected chi connectivity index (χ2v) is 7.52. The second-order valence-electron chi connectivity index (χ2n) is 7.52. The summed E-state index contributed by atoms with van der Waals surface area (Å²) >= 11 is 0. The van der Waals surface area contributed by atoms with Crippen molar-refractivity contribution >= 4 is 5.91 Å². The number of hydrogen-bond acceptors (Lipinski definition) is 5. The largest absolute Gasteiger partial charge is 0.489 e. The summed E-state index contributed by atoms with van der Waals surface area (Å²) in [6, 6.07) is 18.5. The summed E-state index contributed by atoms with van der Waals surface area (Å²) in [7, 11) is 0. The van der Waals surface area contributed by atoms with Crippen molar-refractivity contribution in [1.82, 2.24) is 25.6 Å². The minimum absolute atomic E-state index is 0.104. The lowest BCUT2D eigenvalue weighted by molar-refractivity contribution is 0.0926. The van der Waals surface area contributed by atoms with Crippen LogP contribution in [0.15, 0.2) is 60.8 Å². The summed E-state index contributed by atoms with van der Waals surface area (Å²) in [6.07, 6.45) is 1.44. The van der Waals surface area contributed by atoms with Gasteiger partial charge in [-0.1, -0.05) is 49.4 Å². The van der Waals surface area contributed by atoms with E-state index in [9.17, 15) is 4.79 Å². The third-order valence-corrected chi connectivity index (χ3v) is 5.23. The number of aromatic nitrogens is 3. The van der Waals surface area contributed by atoms with E-state index in [1.807, 2.05) is 30.3 Å². The number of benzene rings is 2. The Balaban J connectivity index is 1.27. The van der Waals surface area contributed by atoms with E-state index in [1.54, 1.807) is 0 Å². The first-order chi connectivity index (χ1) is 14.2. The third kappa shape index (κ3) is 5.00. The van der Waals surface area contributed by atoms with Crippen molar-refractivity contribution in [2.24, 2.45) is 5.92 Å². The van der Waals surface area contributed by atoms with E-state index in [1.165, 1.54) is 11.8 Å². The number of carbonyl (C=O) groups excluding carboxylic acids is 1. The van der Waals surface area contributed by atoms with Crippen LogP contribution in [0.25, 0.3) is 0 Å². The minimum atomic E-state index is -0.183. The van der Waals surface area contributed by atoms with Crippen molar-refractivity contribution in [3.8, 4) is 5.75 Å². The van der Waals surface area contributed by atoms with Gasteiger partial charge in [0.2, 0.25) is 0 Å². The molecule has 1 aromatic heterocycles. The van der Waals surface area contributed by atoms with Crippen molar-refractivity contribution in [3.63, 3.8) is 0 Å². The first kappa shape index (κ1) is 19.1. The number of nitrogens with one attached hydrogen (secondary N) is 2. The molecule has 1 aliphatic heterocycles. The quantitative estimate of drug-likeness (QED) is 0.647. The van der Waals surface area contributed by atoms with Gasteiger partial charge in [-0.3, -0.25) is 9.69 Å². The maximum atomic E-state index is 12.2. The zero-order valence-corrected chi connectivity index (χ0v) is 16.4. The van der Waals surface area contributed by atoms with Crippen molar-refractivity contribution < 1.29 is 9.53 Å². The average molecular weight is 391 g/mol. The van der Waals surface area contributed by atoms with Crippen LogP contribution in [0.2, 0.25) is 0 Å². The Morgan fingerprint density at radius 2 is 1.93 bits per heavy atom. The fraction of sp³-hybridized carbons (Fsp3) is 0.318. The Morgan fingerprint density at radius 3 is 2.66 bits per heavy atom. The SMILES string of the molecule is C[C@H]1CN(Cc2ccc(OCc3ccccc3)cc2)C[C@@H]1NC(=O)c1cn[nH]n1. The highest BCUT2D eigenvalue weighted by atomic mass is 16.5. The summed E-state index contributed by atoms with van der Waals surface area (Å²) in [5.74, 6) is 1.06. The molecule has 0 unspecified atom stereocenters. The number of amides is 1. The lowest BCUT2D eigenvalue weighted by Crippen LogP contribution is -2.40. The van der Waals surface area contributed by atoms with E-state index in [0.717, 1.165) is 30.9 Å². The molecular formula is C22H25N5O2. The summed E-state index contributed by atoms with van der Waals surface area (Å²) in [4.78, 5) is 14.6. The number of H-pyrrole nitrogens is 1. The van der Waals surface area contributed by atoms with Gasteiger partial charge in [0, 0.05) is 25.7 Å². The molecule has 2 aromatic carbocycles. The maximum Gasteiger partial charge on any atom is 0.273 e. The molecule has 1 saturated heterocycles. The summed E-state index contributed by atoms with van der Waals surface area (Å²) < 4.78 is 5.86. The number of aromatic amines is 1. The Kier molecular flexibility index (Phi) is 5.86. The molecule has 0 bridgehead atoms. The van der Waals surface area contributed by atoms with Crippen molar-refractivity contribution in [3.05, 3.63) is 77.6 Å². The van der Waals surface area contributed by atoms with Crippen LogP contribution in [-0.2, 0) is 13.2 Å². The third-order valence-electron chi connectivity index (χ3n) is 5.23. The molecule has 2 N–H and O–H groups in total. The Hall–Kier alpha value is -3.19. The van der Waals surface area contributed by atoms with Gasteiger partial charge in [0.25, 0.3) is 5.91 Å². The lowest BCUT2D eigenvalue weighted by atomic mass is 10.1. The van der Waals surface area contributed by atoms with Gasteiger partial charge < -0.3 is 10.1 Å². The van der Waals surface area contributed by atoms with Gasteiger partial charge >= 0.3 is 0 Å². The van der Waals surface area contributed by atoms with E-state index >= 15 is 0 Å². The van der Waals surface area contributed by atoms with Crippen LogP contribution in [0.1, 0.15) is 28.5 Å². The van der Waals surface area contributed by atoms with Gasteiger partial charge in [0.1, 0.15) is 12.4 Å². The van der Waals surface area contributed by atoms with Gasteiger partial charge in [-0.2, -0.15) is 15.4 Å². The molecule has 2 heterocycles. The van der Waals surface area contributed by atoms with Gasteiger partial charge in [-0.25, -0.2) is 0 Å². The summed E-state index contributed by atoms with van der Waals surface area (Å²) in [6.45, 7) is 5.33. The molecule has 0 saturated carbocycles. The highest BCUT2D eigenvalue weighted by Gasteiger charge is 2.31. The first-order valence-corrected chi connectivity index (χ1v) is 9.82. The number of nitrogens with zero attached hydrogens (tertiary/aromatic N) is 3. The number of hydrogen-bond donors (Lipinski definition) is 2. The zero-order valence-electron chi connectivity index (χ0n) is 16.4. The van der Waals surface area contributed by atoms with Gasteiger partial charge in [0.05, 0.1) is 6.20 Å². The molecule has 7 heteroatoms. The van der Waals surface area contributed by atoms with E-state index in [4.69, 9.17) is 4.74 Å². The highest BCUT2D eigenvalue weighted by Crippen LogP contribution is 2.21. The number of likely N-dealkylation sites (tertiary alicyclic amines) is 1. The molecule has 150 valence electrons. The molecule has 1 amide bonds. The second kappa shape index (κ2) is 8.87. The molecule has 1 fully saturated rings. The molecule has 2 atom stereocenters. The fourth-order valence-electron chi connectivity index (χ4n) is 3.63. The van der Waals surface area contributed by atoms with Gasteiger partial charge in [0.15, 0.2) is 5.69 Å². The highest BCUT2D eigenvalue weighted by molar-refractivity contribution is 5.92. The molecule has 0 radical (unpaired) electrons. The van der Waals surface area contributed by atoms with Crippen LogP contribution >= 0.6 is 0 Å². The Bertz CT molecular complexity index is 912. The normalized spacial score (nSPS) is 19.2. The molecule has 0 spiro atoms. The van der Waals surface area contributed by atoms with Crippen LogP contribution in [0.4, 0.5) is 0 Å².